The molecule has 1 heterocycles. The second kappa shape index (κ2) is 3.86. The van der Waals surface area contributed by atoms with Gasteiger partial charge >= 0.3 is 0 Å². The molecule has 0 saturated heterocycles. The van der Waals surface area contributed by atoms with E-state index < -0.39 is 0 Å². The van der Waals surface area contributed by atoms with Crippen LogP contribution in [-0.4, -0.2) is 0 Å². The Labute approximate surface area is 107 Å². The Kier molecular flexibility index (Phi) is 2.28. The summed E-state index contributed by atoms with van der Waals surface area (Å²) in [6, 6.07) is 10.4. The fourth-order valence-electron chi connectivity index (χ4n) is 3.94. The lowest BCUT2D eigenvalue weighted by Crippen LogP contribution is -2.13. The fraction of sp³-hybridized carbons (Fsp3) is 0.500. The standard InChI is InChI=1S/C16H19NO/c17-16(15-11-6-2-3-7-12(11)15)14-9-10-5-1-4-8-13(10)18-14/h1,4-5,8-9,11-12,15-16H,2-3,6-7,17H2. The summed E-state index contributed by atoms with van der Waals surface area (Å²) in [4.78, 5) is 0. The summed E-state index contributed by atoms with van der Waals surface area (Å²) in [5.74, 6) is 3.41. The molecule has 2 nitrogen and oxygen atoms in total. The Bertz CT molecular complexity index is 528. The molecule has 2 heteroatoms. The van der Waals surface area contributed by atoms with Crippen LogP contribution in [0, 0.1) is 17.8 Å². The van der Waals surface area contributed by atoms with Crippen molar-refractivity contribution in [3.8, 4) is 0 Å². The van der Waals surface area contributed by atoms with E-state index in [1.165, 1.54) is 31.1 Å². The molecule has 2 aromatic rings. The van der Waals surface area contributed by atoms with Gasteiger partial charge in [-0.25, -0.2) is 0 Å². The van der Waals surface area contributed by atoms with Crippen molar-refractivity contribution < 1.29 is 4.42 Å². The SMILES string of the molecule is NC(c1cc2ccccc2o1)C1C2CCCCC21. The summed E-state index contributed by atoms with van der Waals surface area (Å²) in [5, 5.41) is 1.17. The minimum absolute atomic E-state index is 0.102. The quantitative estimate of drug-likeness (QED) is 0.866. The van der Waals surface area contributed by atoms with Crippen molar-refractivity contribution >= 4 is 11.0 Å². The van der Waals surface area contributed by atoms with Crippen molar-refractivity contribution in [1.82, 2.24) is 0 Å². The number of fused-ring (bicyclic) bond motifs is 2. The molecular formula is C16H19NO. The van der Waals surface area contributed by atoms with Gasteiger partial charge in [-0.3, -0.25) is 0 Å². The predicted molar refractivity (Wildman–Crippen MR) is 72.1 cm³/mol. The van der Waals surface area contributed by atoms with E-state index in [9.17, 15) is 0 Å². The Hall–Kier alpha value is -1.28. The highest BCUT2D eigenvalue weighted by molar-refractivity contribution is 5.77. The normalized spacial score (nSPS) is 32.2. The zero-order valence-corrected chi connectivity index (χ0v) is 10.5. The van der Waals surface area contributed by atoms with Crippen molar-refractivity contribution in [3.05, 3.63) is 36.1 Å². The van der Waals surface area contributed by atoms with Crippen LogP contribution in [0.25, 0.3) is 11.0 Å². The number of furan rings is 1. The van der Waals surface area contributed by atoms with Crippen LogP contribution in [-0.2, 0) is 0 Å². The second-order valence-corrected chi connectivity index (χ2v) is 5.90. The molecule has 0 aliphatic heterocycles. The second-order valence-electron chi connectivity index (χ2n) is 5.90. The molecule has 2 aliphatic carbocycles. The molecule has 2 fully saturated rings. The minimum Gasteiger partial charge on any atom is -0.459 e. The lowest BCUT2D eigenvalue weighted by molar-refractivity contribution is 0.443. The number of nitrogens with two attached hydrogens (primary N) is 1. The number of hydrogen-bond acceptors (Lipinski definition) is 2. The largest absolute Gasteiger partial charge is 0.459 e. The Morgan fingerprint density at radius 1 is 1.11 bits per heavy atom. The summed E-state index contributed by atoms with van der Waals surface area (Å²) in [5.41, 5.74) is 7.39. The Morgan fingerprint density at radius 2 is 1.83 bits per heavy atom. The molecule has 1 aromatic carbocycles. The highest BCUT2D eigenvalue weighted by Crippen LogP contribution is 2.59. The maximum absolute atomic E-state index is 6.43. The summed E-state index contributed by atoms with van der Waals surface area (Å²) >= 11 is 0. The van der Waals surface area contributed by atoms with Crippen LogP contribution in [0.15, 0.2) is 34.7 Å². The Morgan fingerprint density at radius 3 is 2.56 bits per heavy atom. The molecule has 3 atom stereocenters. The molecule has 0 radical (unpaired) electrons. The average Bonchev–Trinajstić information content (AvgIpc) is 2.97. The molecule has 18 heavy (non-hydrogen) atoms. The number of benzene rings is 1. The first-order chi connectivity index (χ1) is 8.84. The van der Waals surface area contributed by atoms with E-state index in [2.05, 4.69) is 12.1 Å². The molecule has 2 N–H and O–H groups in total. The van der Waals surface area contributed by atoms with Crippen LogP contribution in [0.2, 0.25) is 0 Å². The van der Waals surface area contributed by atoms with Gasteiger partial charge in [-0.05, 0) is 42.7 Å². The topological polar surface area (TPSA) is 39.2 Å². The number of para-hydroxylation sites is 1. The highest BCUT2D eigenvalue weighted by atomic mass is 16.3. The van der Waals surface area contributed by atoms with Crippen molar-refractivity contribution in [1.29, 1.82) is 0 Å². The van der Waals surface area contributed by atoms with Gasteiger partial charge in [0.2, 0.25) is 0 Å². The zero-order chi connectivity index (χ0) is 12.1. The smallest absolute Gasteiger partial charge is 0.134 e. The van der Waals surface area contributed by atoms with Crippen molar-refractivity contribution in [2.45, 2.75) is 31.7 Å². The van der Waals surface area contributed by atoms with Crippen molar-refractivity contribution in [2.24, 2.45) is 23.5 Å². The van der Waals surface area contributed by atoms with Crippen LogP contribution in [0.5, 0.6) is 0 Å². The first kappa shape index (κ1) is 10.6. The van der Waals surface area contributed by atoms with E-state index in [1.807, 2.05) is 18.2 Å². The van der Waals surface area contributed by atoms with Crippen molar-refractivity contribution in [2.75, 3.05) is 0 Å². The predicted octanol–water partition coefficient (Wildman–Crippen LogP) is 3.87. The molecule has 3 unspecified atom stereocenters. The van der Waals surface area contributed by atoms with Crippen LogP contribution < -0.4 is 5.73 Å². The maximum atomic E-state index is 6.43. The highest BCUT2D eigenvalue weighted by Gasteiger charge is 2.54. The fourth-order valence-corrected chi connectivity index (χ4v) is 3.94. The third-order valence-corrected chi connectivity index (χ3v) is 4.91. The summed E-state index contributed by atoms with van der Waals surface area (Å²) < 4.78 is 5.91. The minimum atomic E-state index is 0.102. The van der Waals surface area contributed by atoms with Crippen LogP contribution in [0.4, 0.5) is 0 Å². The summed E-state index contributed by atoms with van der Waals surface area (Å²) in [7, 11) is 0. The van der Waals surface area contributed by atoms with Gasteiger partial charge in [0.15, 0.2) is 0 Å². The van der Waals surface area contributed by atoms with Gasteiger partial charge in [-0.1, -0.05) is 31.0 Å². The van der Waals surface area contributed by atoms with E-state index in [0.717, 1.165) is 23.2 Å². The van der Waals surface area contributed by atoms with Gasteiger partial charge in [0.05, 0.1) is 6.04 Å². The van der Waals surface area contributed by atoms with Gasteiger partial charge < -0.3 is 10.2 Å². The van der Waals surface area contributed by atoms with Crippen molar-refractivity contribution in [3.63, 3.8) is 0 Å². The molecule has 94 valence electrons. The number of hydrogen-bond donors (Lipinski definition) is 1. The number of rotatable bonds is 2. The molecular weight excluding hydrogens is 222 g/mol. The molecule has 1 aromatic heterocycles. The summed E-state index contributed by atoms with van der Waals surface area (Å²) in [6.07, 6.45) is 5.54. The van der Waals surface area contributed by atoms with E-state index in [-0.39, 0.29) is 6.04 Å². The van der Waals surface area contributed by atoms with Crippen LogP contribution in [0.1, 0.15) is 37.5 Å². The molecule has 2 aliphatic rings. The zero-order valence-electron chi connectivity index (χ0n) is 10.5. The first-order valence-corrected chi connectivity index (χ1v) is 7.08. The van der Waals surface area contributed by atoms with E-state index >= 15 is 0 Å². The molecule has 0 spiro atoms. The van der Waals surface area contributed by atoms with Gasteiger partial charge in [0, 0.05) is 5.39 Å². The molecule has 0 bridgehead atoms. The maximum Gasteiger partial charge on any atom is 0.134 e. The molecule has 4 rings (SSSR count). The van der Waals surface area contributed by atoms with Crippen LogP contribution in [0.3, 0.4) is 0 Å². The van der Waals surface area contributed by atoms with Crippen LogP contribution >= 0.6 is 0 Å². The first-order valence-electron chi connectivity index (χ1n) is 7.08. The van der Waals surface area contributed by atoms with Gasteiger partial charge in [0.25, 0.3) is 0 Å². The Balaban J connectivity index is 1.62. The molecule has 0 amide bonds. The lowest BCUT2D eigenvalue weighted by atomic mass is 10.0. The van der Waals surface area contributed by atoms with Gasteiger partial charge in [-0.2, -0.15) is 0 Å². The monoisotopic (exact) mass is 241 g/mol. The average molecular weight is 241 g/mol. The third kappa shape index (κ3) is 1.52. The summed E-state index contributed by atoms with van der Waals surface area (Å²) in [6.45, 7) is 0. The van der Waals surface area contributed by atoms with E-state index in [1.54, 1.807) is 0 Å². The van der Waals surface area contributed by atoms with Gasteiger partial charge in [0.1, 0.15) is 11.3 Å². The van der Waals surface area contributed by atoms with Gasteiger partial charge in [-0.15, -0.1) is 0 Å². The third-order valence-electron chi connectivity index (χ3n) is 4.91. The van der Waals surface area contributed by atoms with E-state index in [4.69, 9.17) is 10.2 Å². The molecule has 2 saturated carbocycles. The van der Waals surface area contributed by atoms with E-state index in [0.29, 0.717) is 5.92 Å². The lowest BCUT2D eigenvalue weighted by Gasteiger charge is -2.07.